The van der Waals surface area contributed by atoms with Crippen molar-refractivity contribution in [3.05, 3.63) is 75.5 Å². The maximum absolute atomic E-state index is 12.1. The topological polar surface area (TPSA) is 100 Å². The lowest BCUT2D eigenvalue weighted by atomic mass is 10.1. The van der Waals surface area contributed by atoms with Crippen molar-refractivity contribution in [2.75, 3.05) is 0 Å². The van der Waals surface area contributed by atoms with E-state index in [1.54, 1.807) is 6.21 Å². The molecule has 126 valence electrons. The van der Waals surface area contributed by atoms with Gasteiger partial charge in [0.2, 0.25) is 0 Å². The molecule has 0 aliphatic rings. The van der Waals surface area contributed by atoms with E-state index < -0.39 is 10.8 Å². The number of aromatic nitrogens is 1. The summed E-state index contributed by atoms with van der Waals surface area (Å²) < 4.78 is 0. The highest BCUT2D eigenvalue weighted by atomic mass is 16.6. The molecule has 1 heterocycles. The summed E-state index contributed by atoms with van der Waals surface area (Å²) in [6.45, 7) is 2.09. The molecule has 0 saturated carbocycles. The fourth-order valence-corrected chi connectivity index (χ4v) is 2.63. The molecule has 2 N–H and O–H groups in total. The average molecular weight is 336 g/mol. The van der Waals surface area contributed by atoms with Crippen molar-refractivity contribution in [2.24, 2.45) is 5.10 Å². The number of nitro groups is 1. The standard InChI is InChI=1S/C18H16N4O3/c1-2-12-5-4-8-16-14(10-19-17(12)16)11-20-21-18(23)13-6-3-7-15(9-13)22(24)25/h3-11,19H,2H2,1H3,(H,21,23)/b20-11+. The molecular formula is C18H16N4O3. The minimum absolute atomic E-state index is 0.139. The largest absolute Gasteiger partial charge is 0.360 e. The number of rotatable bonds is 5. The van der Waals surface area contributed by atoms with Crippen LogP contribution in [0.15, 0.2) is 53.8 Å². The van der Waals surface area contributed by atoms with Gasteiger partial charge in [0.1, 0.15) is 0 Å². The van der Waals surface area contributed by atoms with E-state index in [-0.39, 0.29) is 11.3 Å². The Morgan fingerprint density at radius 1 is 1.32 bits per heavy atom. The predicted octanol–water partition coefficient (Wildman–Crippen LogP) is 3.40. The van der Waals surface area contributed by atoms with Gasteiger partial charge in [0, 0.05) is 40.4 Å². The number of benzene rings is 2. The maximum Gasteiger partial charge on any atom is 0.271 e. The Hall–Kier alpha value is -3.48. The molecule has 3 aromatic rings. The number of H-pyrrole nitrogens is 1. The van der Waals surface area contributed by atoms with E-state index in [4.69, 9.17) is 0 Å². The van der Waals surface area contributed by atoms with Crippen LogP contribution >= 0.6 is 0 Å². The molecule has 3 rings (SSSR count). The molecule has 0 aliphatic heterocycles. The van der Waals surface area contributed by atoms with E-state index in [9.17, 15) is 14.9 Å². The number of aromatic amines is 1. The van der Waals surface area contributed by atoms with Crippen LogP contribution in [0.25, 0.3) is 10.9 Å². The summed E-state index contributed by atoms with van der Waals surface area (Å²) in [7, 11) is 0. The second-order valence-corrected chi connectivity index (χ2v) is 5.44. The third kappa shape index (κ3) is 3.40. The monoisotopic (exact) mass is 336 g/mol. The van der Waals surface area contributed by atoms with E-state index in [1.165, 1.54) is 29.8 Å². The number of carbonyl (C=O) groups excluding carboxylic acids is 1. The molecule has 0 radical (unpaired) electrons. The summed E-state index contributed by atoms with van der Waals surface area (Å²) in [5.74, 6) is -0.506. The van der Waals surface area contributed by atoms with Gasteiger partial charge in [0.25, 0.3) is 11.6 Å². The third-order valence-electron chi connectivity index (χ3n) is 3.90. The molecule has 0 aliphatic carbocycles. The zero-order valence-corrected chi connectivity index (χ0v) is 13.5. The normalized spacial score (nSPS) is 11.1. The molecule has 25 heavy (non-hydrogen) atoms. The molecule has 0 bridgehead atoms. The van der Waals surface area contributed by atoms with E-state index >= 15 is 0 Å². The SMILES string of the molecule is CCc1cccc2c(/C=N/NC(=O)c3cccc([N+](=O)[O-])c3)c[nH]c12. The van der Waals surface area contributed by atoms with Crippen LogP contribution in [0, 0.1) is 10.1 Å². The van der Waals surface area contributed by atoms with Crippen molar-refractivity contribution in [1.29, 1.82) is 0 Å². The number of para-hydroxylation sites is 1. The minimum atomic E-state index is -0.544. The molecule has 0 atom stereocenters. The number of non-ortho nitro benzene ring substituents is 1. The molecule has 7 heteroatoms. The first-order chi connectivity index (χ1) is 12.1. The van der Waals surface area contributed by atoms with Crippen molar-refractivity contribution in [3.8, 4) is 0 Å². The quantitative estimate of drug-likeness (QED) is 0.424. The van der Waals surface area contributed by atoms with Crippen molar-refractivity contribution < 1.29 is 9.72 Å². The lowest BCUT2D eigenvalue weighted by Crippen LogP contribution is -2.17. The van der Waals surface area contributed by atoms with E-state index in [1.807, 2.05) is 18.3 Å². The molecule has 2 aromatic carbocycles. The van der Waals surface area contributed by atoms with Gasteiger partial charge in [-0.05, 0) is 18.1 Å². The lowest BCUT2D eigenvalue weighted by Gasteiger charge is -2.00. The summed E-state index contributed by atoms with van der Waals surface area (Å²) in [6, 6.07) is 11.5. The fraction of sp³-hybridized carbons (Fsp3) is 0.111. The van der Waals surface area contributed by atoms with Gasteiger partial charge < -0.3 is 4.98 Å². The molecule has 7 nitrogen and oxygen atoms in total. The number of amides is 1. The molecule has 1 aromatic heterocycles. The van der Waals surface area contributed by atoms with Crippen LogP contribution in [0.3, 0.4) is 0 Å². The Bertz CT molecular complexity index is 975. The second kappa shape index (κ2) is 6.96. The maximum atomic E-state index is 12.1. The summed E-state index contributed by atoms with van der Waals surface area (Å²) >= 11 is 0. The molecule has 1 amide bonds. The van der Waals surface area contributed by atoms with Crippen LogP contribution < -0.4 is 5.43 Å². The van der Waals surface area contributed by atoms with Crippen LogP contribution in [-0.2, 0) is 6.42 Å². The van der Waals surface area contributed by atoms with Gasteiger partial charge >= 0.3 is 0 Å². The summed E-state index contributed by atoms with van der Waals surface area (Å²) in [4.78, 5) is 25.5. The van der Waals surface area contributed by atoms with Crippen LogP contribution in [0.5, 0.6) is 0 Å². The van der Waals surface area contributed by atoms with Crippen molar-refractivity contribution in [1.82, 2.24) is 10.4 Å². The number of nitrogens with zero attached hydrogens (tertiary/aromatic N) is 2. The predicted molar refractivity (Wildman–Crippen MR) is 95.8 cm³/mol. The third-order valence-corrected chi connectivity index (χ3v) is 3.90. The van der Waals surface area contributed by atoms with Crippen molar-refractivity contribution >= 4 is 28.7 Å². The smallest absolute Gasteiger partial charge is 0.271 e. The van der Waals surface area contributed by atoms with Gasteiger partial charge in [0.05, 0.1) is 11.1 Å². The summed E-state index contributed by atoms with van der Waals surface area (Å²) in [6.07, 6.45) is 4.29. The van der Waals surface area contributed by atoms with Crippen LogP contribution in [-0.4, -0.2) is 22.0 Å². The molecule has 0 saturated heterocycles. The highest BCUT2D eigenvalue weighted by molar-refractivity contribution is 6.01. The number of hydrogen-bond acceptors (Lipinski definition) is 4. The number of nitro benzene ring substituents is 1. The zero-order chi connectivity index (χ0) is 17.8. The molecule has 0 unspecified atom stereocenters. The Morgan fingerprint density at radius 3 is 2.88 bits per heavy atom. The minimum Gasteiger partial charge on any atom is -0.360 e. The number of hydrazone groups is 1. The summed E-state index contributed by atoms with van der Waals surface area (Å²) in [5, 5.41) is 15.7. The highest BCUT2D eigenvalue weighted by Crippen LogP contribution is 2.21. The van der Waals surface area contributed by atoms with E-state index in [2.05, 4.69) is 28.5 Å². The number of aryl methyl sites for hydroxylation is 1. The Labute approximate surface area is 143 Å². The Kier molecular flexibility index (Phi) is 4.56. The van der Waals surface area contributed by atoms with Gasteiger partial charge in [0.15, 0.2) is 0 Å². The first kappa shape index (κ1) is 16.4. The van der Waals surface area contributed by atoms with Crippen molar-refractivity contribution in [3.63, 3.8) is 0 Å². The number of fused-ring (bicyclic) bond motifs is 1. The van der Waals surface area contributed by atoms with Gasteiger partial charge in [-0.2, -0.15) is 5.10 Å². The van der Waals surface area contributed by atoms with Gasteiger partial charge in [-0.15, -0.1) is 0 Å². The van der Waals surface area contributed by atoms with E-state index in [0.717, 1.165) is 22.9 Å². The van der Waals surface area contributed by atoms with Gasteiger partial charge in [-0.1, -0.05) is 31.2 Å². The fourth-order valence-electron chi connectivity index (χ4n) is 2.63. The first-order valence-electron chi connectivity index (χ1n) is 7.77. The zero-order valence-electron chi connectivity index (χ0n) is 13.5. The number of nitrogens with one attached hydrogen (secondary N) is 2. The number of carbonyl (C=O) groups is 1. The van der Waals surface area contributed by atoms with Crippen LogP contribution in [0.1, 0.15) is 28.4 Å². The van der Waals surface area contributed by atoms with Crippen LogP contribution in [0.4, 0.5) is 5.69 Å². The summed E-state index contributed by atoms with van der Waals surface area (Å²) in [5.41, 5.74) is 5.54. The molecular weight excluding hydrogens is 320 g/mol. The van der Waals surface area contributed by atoms with Gasteiger partial charge in [-0.3, -0.25) is 14.9 Å². The average Bonchev–Trinajstić information content (AvgIpc) is 3.05. The first-order valence-corrected chi connectivity index (χ1v) is 7.77. The number of hydrogen-bond donors (Lipinski definition) is 2. The molecule has 0 spiro atoms. The highest BCUT2D eigenvalue weighted by Gasteiger charge is 2.11. The Morgan fingerprint density at radius 2 is 2.12 bits per heavy atom. The van der Waals surface area contributed by atoms with E-state index in [0.29, 0.717) is 0 Å². The molecule has 0 fully saturated rings. The van der Waals surface area contributed by atoms with Gasteiger partial charge in [-0.25, -0.2) is 5.43 Å². The Balaban J connectivity index is 1.76. The van der Waals surface area contributed by atoms with Crippen molar-refractivity contribution in [2.45, 2.75) is 13.3 Å². The lowest BCUT2D eigenvalue weighted by molar-refractivity contribution is -0.384. The van der Waals surface area contributed by atoms with Crippen LogP contribution in [0.2, 0.25) is 0 Å². The second-order valence-electron chi connectivity index (χ2n) is 5.44.